The van der Waals surface area contributed by atoms with Crippen LogP contribution in [-0.4, -0.2) is 92.4 Å². The molecule has 0 saturated carbocycles. The van der Waals surface area contributed by atoms with Gasteiger partial charge in [0.15, 0.2) is 12.5 Å². The number of amidine groups is 1. The smallest absolute Gasteiger partial charge is 0.269 e. The molecule has 4 unspecified atom stereocenters. The van der Waals surface area contributed by atoms with Crippen LogP contribution in [0, 0.1) is 11.8 Å². The molecule has 4 heterocycles. The standard InChI is InChI=1S/C22H29N7O3/c1-31-16-4-2-14(3-5-16)12-29-13-17-18(21(29)30)26-19(15-10-24-22(23)25-11-15)27-20(17)28-6-8-32-9-7-28/h2-5,10,15,17,19,22,25H,6-9,11-13,23H2,1H3. The van der Waals surface area contributed by atoms with Crippen LogP contribution in [0.15, 0.2) is 39.2 Å². The zero-order chi connectivity index (χ0) is 22.1. The van der Waals surface area contributed by atoms with Crippen LogP contribution in [0.4, 0.5) is 0 Å². The Morgan fingerprint density at radius 3 is 2.69 bits per heavy atom. The summed E-state index contributed by atoms with van der Waals surface area (Å²) in [6, 6.07) is 7.81. The van der Waals surface area contributed by atoms with Crippen LogP contribution in [0.2, 0.25) is 0 Å². The molecule has 0 aliphatic carbocycles. The van der Waals surface area contributed by atoms with E-state index in [2.05, 4.69) is 15.2 Å². The molecule has 3 N–H and O–H groups in total. The van der Waals surface area contributed by atoms with Gasteiger partial charge in [0.25, 0.3) is 5.91 Å². The SMILES string of the molecule is COc1ccc(CN2CC3C(=NC(C4C=NC(N)NC4)N=C3N3CCOCC3)C2=O)cc1. The highest BCUT2D eigenvalue weighted by Crippen LogP contribution is 2.29. The summed E-state index contributed by atoms with van der Waals surface area (Å²) in [5.74, 6) is 1.56. The molecular formula is C22H29N7O3. The zero-order valence-electron chi connectivity index (χ0n) is 18.2. The van der Waals surface area contributed by atoms with Gasteiger partial charge in [0.2, 0.25) is 0 Å². The average molecular weight is 440 g/mol. The molecule has 4 atom stereocenters. The van der Waals surface area contributed by atoms with E-state index in [1.165, 1.54) is 0 Å². The van der Waals surface area contributed by atoms with Crippen LogP contribution >= 0.6 is 0 Å². The Hall–Kier alpha value is -2.82. The van der Waals surface area contributed by atoms with E-state index in [4.69, 9.17) is 25.2 Å². The second-order valence-electron chi connectivity index (χ2n) is 8.42. The van der Waals surface area contributed by atoms with E-state index >= 15 is 0 Å². The highest BCUT2D eigenvalue weighted by molar-refractivity contribution is 6.45. The highest BCUT2D eigenvalue weighted by atomic mass is 16.5. The molecule has 1 aromatic rings. The molecule has 1 amide bonds. The summed E-state index contributed by atoms with van der Waals surface area (Å²) >= 11 is 0. The van der Waals surface area contributed by atoms with Gasteiger partial charge < -0.3 is 19.3 Å². The third-order valence-corrected chi connectivity index (χ3v) is 6.34. The predicted molar refractivity (Wildman–Crippen MR) is 121 cm³/mol. The third kappa shape index (κ3) is 4.13. The van der Waals surface area contributed by atoms with Gasteiger partial charge >= 0.3 is 0 Å². The molecular weight excluding hydrogens is 410 g/mol. The van der Waals surface area contributed by atoms with E-state index in [-0.39, 0.29) is 23.9 Å². The number of hydrogen-bond donors (Lipinski definition) is 2. The van der Waals surface area contributed by atoms with Crippen LogP contribution in [0.25, 0.3) is 0 Å². The quantitative estimate of drug-likeness (QED) is 0.665. The maximum Gasteiger partial charge on any atom is 0.269 e. The second-order valence-corrected chi connectivity index (χ2v) is 8.42. The van der Waals surface area contributed by atoms with Gasteiger partial charge in [0.1, 0.15) is 17.3 Å². The predicted octanol–water partition coefficient (Wildman–Crippen LogP) is -0.302. The minimum Gasteiger partial charge on any atom is -0.497 e. The lowest BCUT2D eigenvalue weighted by atomic mass is 9.98. The van der Waals surface area contributed by atoms with E-state index < -0.39 is 6.29 Å². The van der Waals surface area contributed by atoms with Crippen LogP contribution in [0.5, 0.6) is 5.75 Å². The van der Waals surface area contributed by atoms with Crippen molar-refractivity contribution in [1.82, 2.24) is 15.1 Å². The first kappa shape index (κ1) is 21.0. The van der Waals surface area contributed by atoms with Crippen LogP contribution in [0.1, 0.15) is 5.56 Å². The number of methoxy groups -OCH3 is 1. The van der Waals surface area contributed by atoms with Crippen molar-refractivity contribution < 1.29 is 14.3 Å². The summed E-state index contributed by atoms with van der Waals surface area (Å²) in [4.78, 5) is 31.6. The van der Waals surface area contributed by atoms with Crippen LogP contribution in [0.3, 0.4) is 0 Å². The van der Waals surface area contributed by atoms with Gasteiger partial charge in [-0.15, -0.1) is 0 Å². The Labute approximate surface area is 187 Å². The number of ether oxygens (including phenoxy) is 2. The summed E-state index contributed by atoms with van der Waals surface area (Å²) in [5, 5.41) is 3.15. The van der Waals surface area contributed by atoms with E-state index in [0.717, 1.165) is 30.2 Å². The van der Waals surface area contributed by atoms with Gasteiger partial charge in [-0.05, 0) is 17.7 Å². The van der Waals surface area contributed by atoms with Gasteiger partial charge in [0.05, 0.1) is 26.2 Å². The van der Waals surface area contributed by atoms with E-state index in [0.29, 0.717) is 38.6 Å². The molecule has 4 aliphatic rings. The highest BCUT2D eigenvalue weighted by Gasteiger charge is 2.45. The summed E-state index contributed by atoms with van der Waals surface area (Å²) < 4.78 is 10.8. The number of nitrogens with two attached hydrogens (primary N) is 1. The van der Waals surface area contributed by atoms with Crippen molar-refractivity contribution in [3.63, 3.8) is 0 Å². The van der Waals surface area contributed by atoms with Crippen molar-refractivity contribution in [3.05, 3.63) is 29.8 Å². The summed E-state index contributed by atoms with van der Waals surface area (Å²) in [5.41, 5.74) is 7.47. The number of carbonyl (C=O) groups is 1. The number of nitrogens with one attached hydrogen (secondary N) is 1. The maximum absolute atomic E-state index is 13.4. The summed E-state index contributed by atoms with van der Waals surface area (Å²) in [6.45, 7) is 4.59. The van der Waals surface area contributed by atoms with E-state index in [9.17, 15) is 4.79 Å². The lowest BCUT2D eigenvalue weighted by Gasteiger charge is -2.36. The molecule has 2 saturated heterocycles. The third-order valence-electron chi connectivity index (χ3n) is 6.34. The number of hydrogen-bond acceptors (Lipinski definition) is 9. The second kappa shape index (κ2) is 8.97. The number of fused-ring (bicyclic) bond motifs is 1. The molecule has 10 nitrogen and oxygen atoms in total. The number of amides is 1. The lowest BCUT2D eigenvalue weighted by Crippen LogP contribution is -2.50. The van der Waals surface area contributed by atoms with Crippen molar-refractivity contribution in [1.29, 1.82) is 0 Å². The largest absolute Gasteiger partial charge is 0.497 e. The van der Waals surface area contributed by atoms with Gasteiger partial charge in [-0.3, -0.25) is 25.8 Å². The molecule has 0 radical (unpaired) electrons. The Balaban J connectivity index is 1.41. The van der Waals surface area contributed by atoms with Crippen LogP contribution < -0.4 is 15.8 Å². The lowest BCUT2D eigenvalue weighted by molar-refractivity contribution is -0.123. The van der Waals surface area contributed by atoms with E-state index in [1.807, 2.05) is 35.4 Å². The number of morpholine rings is 1. The van der Waals surface area contributed by atoms with Crippen molar-refractivity contribution in [2.24, 2.45) is 32.5 Å². The fourth-order valence-electron chi connectivity index (χ4n) is 4.57. The normalized spacial score (nSPS) is 30.1. The van der Waals surface area contributed by atoms with E-state index in [1.54, 1.807) is 7.11 Å². The summed E-state index contributed by atoms with van der Waals surface area (Å²) in [6.07, 6.45) is 1.05. The monoisotopic (exact) mass is 439 g/mol. The van der Waals surface area contributed by atoms with Crippen LogP contribution in [-0.2, 0) is 16.1 Å². The Morgan fingerprint density at radius 1 is 1.22 bits per heavy atom. The minimum absolute atomic E-state index is 0.0195. The fourth-order valence-corrected chi connectivity index (χ4v) is 4.57. The number of nitrogens with zero attached hydrogens (tertiary/aromatic N) is 5. The molecule has 170 valence electrons. The molecule has 2 fully saturated rings. The molecule has 5 rings (SSSR count). The maximum atomic E-state index is 13.4. The molecule has 4 aliphatic heterocycles. The van der Waals surface area contributed by atoms with Crippen molar-refractivity contribution in [2.45, 2.75) is 19.0 Å². The first-order chi connectivity index (χ1) is 15.6. The average Bonchev–Trinajstić information content (AvgIpc) is 3.15. The number of rotatable bonds is 4. The number of carbonyl (C=O) groups excluding carboxylic acids is 1. The van der Waals surface area contributed by atoms with Gasteiger partial charge in [-0.1, -0.05) is 12.1 Å². The molecule has 0 spiro atoms. The summed E-state index contributed by atoms with van der Waals surface area (Å²) in [7, 11) is 1.64. The first-order valence-electron chi connectivity index (χ1n) is 11.0. The van der Waals surface area contributed by atoms with Gasteiger partial charge in [-0.25, -0.2) is 4.99 Å². The number of aliphatic imine (C=N–C) groups is 3. The van der Waals surface area contributed by atoms with Gasteiger partial charge in [0, 0.05) is 44.9 Å². The molecule has 32 heavy (non-hydrogen) atoms. The minimum atomic E-state index is -0.397. The molecule has 1 aromatic carbocycles. The molecule has 0 bridgehead atoms. The first-order valence-corrected chi connectivity index (χ1v) is 11.0. The molecule has 0 aromatic heterocycles. The zero-order valence-corrected chi connectivity index (χ0v) is 18.2. The fraction of sp³-hybridized carbons (Fsp3) is 0.545. The molecule has 10 heteroatoms. The number of likely N-dealkylation sites (tertiary alicyclic amines) is 1. The van der Waals surface area contributed by atoms with Crippen molar-refractivity contribution in [3.8, 4) is 5.75 Å². The Bertz CT molecular complexity index is 939. The van der Waals surface area contributed by atoms with Gasteiger partial charge in [-0.2, -0.15) is 0 Å². The topological polar surface area (TPSA) is 117 Å². The number of benzene rings is 1. The van der Waals surface area contributed by atoms with Crippen molar-refractivity contribution in [2.75, 3.05) is 46.5 Å². The Kier molecular flexibility index (Phi) is 5.90. The van der Waals surface area contributed by atoms with Crippen molar-refractivity contribution >= 4 is 23.7 Å². The Morgan fingerprint density at radius 2 is 2.00 bits per heavy atom.